The maximum atomic E-state index is 14.9. The van der Waals surface area contributed by atoms with Crippen LogP contribution in [0.5, 0.6) is 5.75 Å². The van der Waals surface area contributed by atoms with E-state index < -0.39 is 205 Å². The second-order valence-corrected chi connectivity index (χ2v) is 34.8. The van der Waals surface area contributed by atoms with Crippen LogP contribution in [-0.2, 0) is 84.8 Å². The number of nitrogen functional groups attached to an aromatic ring is 1. The summed E-state index contributed by atoms with van der Waals surface area (Å²) in [5, 5.41) is 94.2. The maximum Gasteiger partial charge on any atom is 0.426 e. The number of thiazole rings is 1. The molecule has 0 unspecified atom stereocenters. The number of aromatic amines is 1. The number of carboxylic acid groups (broad SMARTS) is 5. The number of nitrogens with one attached hydrogen (secondary N) is 12. The van der Waals surface area contributed by atoms with Crippen molar-refractivity contribution in [3.63, 3.8) is 0 Å². The van der Waals surface area contributed by atoms with Crippen LogP contribution >= 0.6 is 32.9 Å². The van der Waals surface area contributed by atoms with E-state index in [-0.39, 0.29) is 120 Å². The highest BCUT2D eigenvalue weighted by Crippen LogP contribution is 2.31. The van der Waals surface area contributed by atoms with Crippen LogP contribution in [0.15, 0.2) is 64.9 Å². The van der Waals surface area contributed by atoms with Crippen molar-refractivity contribution in [2.24, 2.45) is 17.8 Å². The van der Waals surface area contributed by atoms with Gasteiger partial charge in [-0.3, -0.25) is 87.2 Å². The fraction of sp³-hybridized carbons (Fsp3) is 0.518. The molecule has 1 fully saturated rings. The van der Waals surface area contributed by atoms with Gasteiger partial charge in [-0.1, -0.05) is 88.1 Å². The monoisotopic (exact) mass is 1890 g/mol. The number of terminal acetylenes is 1. The number of aromatic nitrogens is 5. The van der Waals surface area contributed by atoms with E-state index in [1.165, 1.54) is 54.9 Å². The molecule has 45 nitrogen and oxygen atoms in total. The summed E-state index contributed by atoms with van der Waals surface area (Å²) in [5.41, 5.74) is 10.6. The van der Waals surface area contributed by atoms with E-state index in [0.29, 0.717) is 42.6 Å². The first-order valence-corrected chi connectivity index (χ1v) is 45.2. The number of nitrogens with two attached hydrogens (primary N) is 1. The molecule has 712 valence electrons. The molecule has 131 heavy (non-hydrogen) atoms. The van der Waals surface area contributed by atoms with Crippen molar-refractivity contribution >= 4 is 157 Å². The number of Topliss-reactive ketones (excluding diaryl/α,β-unsaturated/α-hetero) is 1. The van der Waals surface area contributed by atoms with Gasteiger partial charge in [0.25, 0.3) is 17.4 Å². The van der Waals surface area contributed by atoms with Crippen molar-refractivity contribution in [2.45, 2.75) is 217 Å². The number of hydrogen-bond acceptors (Lipinski definition) is 31. The summed E-state index contributed by atoms with van der Waals surface area (Å²) in [6, 6.07) is -3.06. The van der Waals surface area contributed by atoms with E-state index in [2.05, 4.69) is 73.0 Å². The van der Waals surface area contributed by atoms with Crippen molar-refractivity contribution < 1.29 is 122 Å². The van der Waals surface area contributed by atoms with Crippen LogP contribution in [0.4, 0.5) is 16.4 Å². The number of anilines is 2. The molecule has 2 aromatic carbocycles. The van der Waals surface area contributed by atoms with Gasteiger partial charge < -0.3 is 99.0 Å². The molecule has 0 spiro atoms. The summed E-state index contributed by atoms with van der Waals surface area (Å²) in [6.45, 7) is 11.4. The number of nitrogens with zero attached hydrogens (tertiary/aromatic N) is 6. The largest absolute Gasteiger partial charge is 0.508 e. The molecule has 6 rings (SSSR count). The number of likely N-dealkylation sites (N-methyl/N-ethyl adjacent to an activating group) is 1. The van der Waals surface area contributed by atoms with Crippen molar-refractivity contribution in [2.75, 3.05) is 49.3 Å². The lowest BCUT2D eigenvalue weighted by molar-refractivity contribution is -0.144. The Morgan fingerprint density at radius 1 is 0.695 bits per heavy atom. The third-order valence-electron chi connectivity index (χ3n) is 20.8. The van der Waals surface area contributed by atoms with E-state index >= 15 is 0 Å². The van der Waals surface area contributed by atoms with Crippen LogP contribution in [0.1, 0.15) is 181 Å². The van der Waals surface area contributed by atoms with Gasteiger partial charge in [0, 0.05) is 84.8 Å². The average Bonchev–Trinajstić information content (AvgIpc) is 1.65. The first kappa shape index (κ1) is 107. The number of aliphatic hydroxyl groups is 1. The fourth-order valence-corrected chi connectivity index (χ4v) is 16.3. The number of aliphatic carboxylic acids is 5. The second kappa shape index (κ2) is 53.1. The number of fused-ring (bicyclic) bond motifs is 1. The van der Waals surface area contributed by atoms with Crippen LogP contribution in [0.2, 0.25) is 0 Å². The number of rotatable bonds is 54. The number of hydrogen-bond donors (Lipinski definition) is 20. The molecule has 1 aliphatic rings. The Morgan fingerprint density at radius 3 is 1.89 bits per heavy atom. The normalized spacial score (nSPS) is 15.3. The summed E-state index contributed by atoms with van der Waals surface area (Å²) in [4.78, 5) is 259. The SMILES string of the molecule is C#CC[C@H](NC(=O)[C@H](CC(=O)O)NC(=O)CC[C@H](NC(=O)c1ccc(NCc2cnc3nc(N)[nH]c(=O)c3n2)cc1)C(=O)O)C(=O)N[C@@H](CC(=O)O)C(=O)N[C@@H](CC(=O)O)C(=O)N[C@@H](CSSCCOC(=O)NNC(=O)[C@@H](C)C[C@H](Cc1ccc(O)cc1)NC(=O)c1csc([C@H](O)C[C@H](C(C)C)N(CCC(=O)CCC)C(=O)[C@@H](NC(=O)[C@H]2CCCCN2C)[C@H](C)CC)n1)C(=O)O. The Hall–Kier alpha value is -13.1. The summed E-state index contributed by atoms with van der Waals surface area (Å²) < 4.78 is 5.14. The molecule has 48 heteroatoms. The predicted octanol–water partition coefficient (Wildman–Crippen LogP) is 1.25. The zero-order valence-corrected chi connectivity index (χ0v) is 75.3. The summed E-state index contributed by atoms with van der Waals surface area (Å²) in [6.07, 6.45) is 2.51. The van der Waals surface area contributed by atoms with Gasteiger partial charge in [0.1, 0.15) is 77.2 Å². The lowest BCUT2D eigenvalue weighted by Gasteiger charge is -2.40. The second-order valence-electron chi connectivity index (χ2n) is 31.3. The highest BCUT2D eigenvalue weighted by Gasteiger charge is 2.41. The average molecular weight is 1890 g/mol. The van der Waals surface area contributed by atoms with Gasteiger partial charge in [0.2, 0.25) is 53.2 Å². The summed E-state index contributed by atoms with van der Waals surface area (Å²) >= 11 is 1.00. The smallest absolute Gasteiger partial charge is 0.426 e. The van der Waals surface area contributed by atoms with Gasteiger partial charge in [-0.2, -0.15) is 4.98 Å². The Morgan fingerprint density at radius 2 is 1.31 bits per heavy atom. The van der Waals surface area contributed by atoms with Crippen LogP contribution in [0.3, 0.4) is 0 Å². The number of aromatic hydroxyl groups is 1. The van der Waals surface area contributed by atoms with E-state index in [4.69, 9.17) is 16.9 Å². The van der Waals surface area contributed by atoms with Gasteiger partial charge >= 0.3 is 35.9 Å². The molecule has 21 N–H and O–H groups in total. The van der Waals surface area contributed by atoms with E-state index in [1.807, 2.05) is 63.1 Å². The number of benzene rings is 2. The van der Waals surface area contributed by atoms with Gasteiger partial charge in [-0.25, -0.2) is 34.8 Å². The molecule has 11 amide bonds. The first-order chi connectivity index (χ1) is 62.1. The number of hydrazine groups is 1. The minimum absolute atomic E-state index is 0.0229. The Bertz CT molecular complexity index is 4980. The van der Waals surface area contributed by atoms with Gasteiger partial charge in [0.05, 0.1) is 43.7 Å². The van der Waals surface area contributed by atoms with E-state index in [0.717, 1.165) is 52.3 Å². The van der Waals surface area contributed by atoms with Gasteiger partial charge in [0.15, 0.2) is 11.2 Å². The fourth-order valence-electron chi connectivity index (χ4n) is 13.5. The van der Waals surface area contributed by atoms with Gasteiger partial charge in [-0.15, -0.1) is 23.7 Å². The van der Waals surface area contributed by atoms with Crippen molar-refractivity contribution in [3.05, 3.63) is 98.0 Å². The number of amides is 11. The number of carbonyl (C=O) groups excluding carboxylic acids is 12. The number of ether oxygens (including phenoxy) is 1. The third-order valence-corrected chi connectivity index (χ3v) is 24.1. The first-order valence-electron chi connectivity index (χ1n) is 41.8. The van der Waals surface area contributed by atoms with E-state index in [9.17, 15) is 122 Å². The summed E-state index contributed by atoms with van der Waals surface area (Å²) in [5.74, 6) is -18.6. The lowest BCUT2D eigenvalue weighted by atomic mass is 9.91. The maximum absolute atomic E-state index is 14.9. The number of phenols is 1. The molecule has 13 atom stereocenters. The molecule has 0 saturated carbocycles. The van der Waals surface area contributed by atoms with Crippen LogP contribution < -0.4 is 70.0 Å². The molecule has 0 bridgehead atoms. The number of H-pyrrole nitrogens is 1. The quantitative estimate of drug-likeness (QED) is 0.0113. The van der Waals surface area contributed by atoms with Crippen molar-refractivity contribution in [3.8, 4) is 18.1 Å². The van der Waals surface area contributed by atoms with Crippen LogP contribution in [0.25, 0.3) is 11.2 Å². The molecule has 5 aromatic rings. The molecular weight excluding hydrogens is 1780 g/mol. The zero-order valence-electron chi connectivity index (χ0n) is 72.9. The predicted molar refractivity (Wildman–Crippen MR) is 474 cm³/mol. The van der Waals surface area contributed by atoms with Crippen LogP contribution in [0, 0.1) is 30.1 Å². The number of ketones is 1. The molecule has 1 saturated heterocycles. The van der Waals surface area contributed by atoms with E-state index in [1.54, 1.807) is 17.0 Å². The third kappa shape index (κ3) is 35.3. The molecule has 3 aromatic heterocycles. The number of likely N-dealkylation sites (tertiary alicyclic amines) is 1. The Labute approximate surface area is 763 Å². The van der Waals surface area contributed by atoms with Crippen LogP contribution in [-0.4, -0.2) is 270 Å². The van der Waals surface area contributed by atoms with Crippen molar-refractivity contribution in [1.29, 1.82) is 0 Å². The molecular formula is C83H111N19O26S3. The Balaban J connectivity index is 0.974. The van der Waals surface area contributed by atoms with Crippen molar-refractivity contribution in [1.82, 2.24) is 88.1 Å². The van der Waals surface area contributed by atoms with Gasteiger partial charge in [-0.05, 0) is 106 Å². The minimum Gasteiger partial charge on any atom is -0.508 e. The lowest BCUT2D eigenvalue weighted by Crippen LogP contribution is -2.59. The molecule has 1 aliphatic heterocycles. The standard InChI is InChI=1S/C83H111N19O26S3/c1-9-14-50(103)27-29-102(79(122)66(43(6)11-3)96-76(120)59-16-12-13-28-101(59)8)60(42(4)5)37-61(105)78-95-57(40-129-78)75(119)88-48(33-45-17-23-51(104)24-18-45)32-44(7)69(113)99-100-83(127)128-30-31-130-131-41-58(81(125)126)94-74(118)56(36-65(111)112)93-73(117)55(35-64(109)110)92-71(115)52(15-10-2)90-72(116)54(34-63(107)108)89-62(106)26-25-53(80(123)124)91-70(114)46-19-21-47(22-20-46)85-38-49-39-86-68-67(87-49)77(121)98-82(84)97-68/h2,17-24,39-40,42-44,48,52-56,58-61,66,85,104-105H,9,11-16,25-38,41H2,1,3-8H3,(H,88,119)(H,89,106)(H,90,116)(H,91,114)(H,92,115)(H,93,117)(H,94,118)(H,96,120)(H,99,113)(H,100,127)(H,107,108)(H,109,110)(H,111,112)(H,123,124)(H,125,126)(H3,84,86,97,98,121)/t43-,44+,48-,52+,53+,54+,55+,56+,58+,59-,60-,61-,66+/m1/s1. The number of phenolic OH excluding ortho intramolecular Hbond substituents is 1. The molecule has 0 radical (unpaired) electrons. The number of carbonyl (C=O) groups is 17. The topological polar surface area (TPSA) is 690 Å². The number of carboxylic acids is 5. The molecule has 0 aliphatic carbocycles. The highest BCUT2D eigenvalue weighted by atomic mass is 33.1. The minimum atomic E-state index is -2.22. The highest BCUT2D eigenvalue weighted by molar-refractivity contribution is 8.76. The Kier molecular flexibility index (Phi) is 43.2. The zero-order chi connectivity index (χ0) is 96.9. The number of piperidine rings is 1. The number of aliphatic hydroxyl groups excluding tert-OH is 1. The summed E-state index contributed by atoms with van der Waals surface area (Å²) in [7, 11) is 3.61. The molecule has 4 heterocycles.